The zero-order valence-electron chi connectivity index (χ0n) is 32.5. The van der Waals surface area contributed by atoms with Crippen LogP contribution in [-0.2, 0) is 10.8 Å². The molecule has 0 amide bonds. The molecule has 2 aliphatic heterocycles. The van der Waals surface area contributed by atoms with Crippen LogP contribution in [0, 0.1) is 0 Å². The van der Waals surface area contributed by atoms with Crippen LogP contribution < -0.4 is 20.4 Å². The van der Waals surface area contributed by atoms with Gasteiger partial charge in [0.25, 0.3) is 6.71 Å². The first-order chi connectivity index (χ1) is 26.5. The molecule has 1 atom stereocenters. The lowest BCUT2D eigenvalue weighted by atomic mass is 9.33. The molecule has 10 rings (SSSR count). The first-order valence-corrected chi connectivity index (χ1v) is 19.7. The predicted molar refractivity (Wildman–Crippen MR) is 232 cm³/mol. The van der Waals surface area contributed by atoms with Gasteiger partial charge in [-0.2, -0.15) is 0 Å². The first kappa shape index (κ1) is 33.7. The summed E-state index contributed by atoms with van der Waals surface area (Å²) in [5.74, 6) is 2.86. The molecule has 55 heavy (non-hydrogen) atoms. The second kappa shape index (κ2) is 12.4. The standard InChI is InChI=1S/C52H45BO2/c1-51(2,3)36-23-25-42-44(30-36)54-46-28-35(29-47-50(46)53(42)43-26-24-37(52(4,5)6)31-45(43)55-47)33-17-14-18-34(27-33)49-40-21-12-10-19-38(40)48(32-15-8-7-9-16-32)39-20-11-13-22-41(39)49/h7-28,30-31,47H,29H2,1-6H3. The summed E-state index contributed by atoms with van der Waals surface area (Å²) < 4.78 is 14.0. The first-order valence-electron chi connectivity index (χ1n) is 19.7. The van der Waals surface area contributed by atoms with Gasteiger partial charge < -0.3 is 9.47 Å². The van der Waals surface area contributed by atoms with Crippen LogP contribution in [-0.4, -0.2) is 12.8 Å². The average molecular weight is 713 g/mol. The molecule has 1 aliphatic carbocycles. The molecule has 0 saturated heterocycles. The Labute approximate surface area is 325 Å². The molecule has 0 radical (unpaired) electrons. The van der Waals surface area contributed by atoms with Crippen LogP contribution in [0.4, 0.5) is 0 Å². The van der Waals surface area contributed by atoms with Crippen molar-refractivity contribution < 1.29 is 9.47 Å². The maximum absolute atomic E-state index is 7.06. The zero-order chi connectivity index (χ0) is 37.6. The Morgan fingerprint density at radius 1 is 0.509 bits per heavy atom. The Hall–Kier alpha value is -5.80. The van der Waals surface area contributed by atoms with E-state index in [0.717, 1.165) is 23.7 Å². The minimum atomic E-state index is -0.131. The van der Waals surface area contributed by atoms with E-state index < -0.39 is 0 Å². The van der Waals surface area contributed by atoms with Gasteiger partial charge in [0, 0.05) is 6.42 Å². The lowest BCUT2D eigenvalue weighted by molar-refractivity contribution is 0.238. The molecule has 268 valence electrons. The molecule has 0 aromatic heterocycles. The number of allylic oxidation sites excluding steroid dienone is 1. The van der Waals surface area contributed by atoms with E-state index in [2.05, 4.69) is 187 Å². The molecule has 7 aromatic rings. The zero-order valence-corrected chi connectivity index (χ0v) is 32.5. The molecule has 0 fully saturated rings. The van der Waals surface area contributed by atoms with Gasteiger partial charge in [0.1, 0.15) is 23.4 Å². The van der Waals surface area contributed by atoms with E-state index in [0.29, 0.717) is 0 Å². The van der Waals surface area contributed by atoms with E-state index in [1.165, 1.54) is 82.5 Å². The molecule has 3 heteroatoms. The Morgan fingerprint density at radius 2 is 1.02 bits per heavy atom. The summed E-state index contributed by atoms with van der Waals surface area (Å²) in [4.78, 5) is 0. The van der Waals surface area contributed by atoms with E-state index in [9.17, 15) is 0 Å². The van der Waals surface area contributed by atoms with E-state index in [4.69, 9.17) is 9.47 Å². The highest BCUT2D eigenvalue weighted by molar-refractivity contribution is 6.92. The molecular formula is C52H45BO2. The summed E-state index contributed by atoms with van der Waals surface area (Å²) in [5.41, 5.74) is 13.7. The van der Waals surface area contributed by atoms with Gasteiger partial charge in [0.2, 0.25) is 0 Å². The van der Waals surface area contributed by atoms with Crippen LogP contribution in [0.1, 0.15) is 64.7 Å². The van der Waals surface area contributed by atoms with Gasteiger partial charge in [-0.25, -0.2) is 0 Å². The highest BCUT2D eigenvalue weighted by atomic mass is 16.5. The van der Waals surface area contributed by atoms with Gasteiger partial charge in [0.05, 0.1) is 0 Å². The van der Waals surface area contributed by atoms with Crippen molar-refractivity contribution in [1.82, 2.24) is 0 Å². The summed E-state index contributed by atoms with van der Waals surface area (Å²) in [6.07, 6.45) is 2.94. The van der Waals surface area contributed by atoms with Crippen LogP contribution in [0.2, 0.25) is 0 Å². The molecule has 1 unspecified atom stereocenters. The third-order valence-electron chi connectivity index (χ3n) is 12.0. The maximum Gasteiger partial charge on any atom is 0.255 e. The van der Waals surface area contributed by atoms with Crippen molar-refractivity contribution in [2.45, 2.75) is 64.9 Å². The third kappa shape index (κ3) is 5.55. The number of hydrogen-bond acceptors (Lipinski definition) is 2. The summed E-state index contributed by atoms with van der Waals surface area (Å²) in [7, 11) is 0. The Morgan fingerprint density at radius 3 is 1.62 bits per heavy atom. The fourth-order valence-corrected chi connectivity index (χ4v) is 9.16. The van der Waals surface area contributed by atoms with Crippen molar-refractivity contribution in [2.75, 3.05) is 0 Å². The molecule has 3 aliphatic rings. The summed E-state index contributed by atoms with van der Waals surface area (Å²) in [6, 6.07) is 51.4. The number of ether oxygens (including phenoxy) is 2. The number of fused-ring (bicyclic) bond motifs is 6. The quantitative estimate of drug-likeness (QED) is 0.134. The second-order valence-electron chi connectivity index (χ2n) is 17.6. The Bertz CT molecular complexity index is 2700. The highest BCUT2D eigenvalue weighted by Gasteiger charge is 2.46. The smallest absolute Gasteiger partial charge is 0.255 e. The fourth-order valence-electron chi connectivity index (χ4n) is 9.16. The van der Waals surface area contributed by atoms with Gasteiger partial charge in [0.15, 0.2) is 0 Å². The molecule has 2 nitrogen and oxygen atoms in total. The number of rotatable bonds is 3. The van der Waals surface area contributed by atoms with Gasteiger partial charge in [-0.05, 0) is 118 Å². The van der Waals surface area contributed by atoms with Crippen molar-refractivity contribution in [2.24, 2.45) is 0 Å². The van der Waals surface area contributed by atoms with Crippen molar-refractivity contribution in [3.63, 3.8) is 0 Å². The maximum atomic E-state index is 7.06. The van der Waals surface area contributed by atoms with Gasteiger partial charge in [-0.15, -0.1) is 0 Å². The minimum absolute atomic E-state index is 0.00637. The second-order valence-corrected chi connectivity index (χ2v) is 17.6. The van der Waals surface area contributed by atoms with Crippen molar-refractivity contribution in [3.8, 4) is 33.8 Å². The lowest BCUT2D eigenvalue weighted by Crippen LogP contribution is -2.56. The highest BCUT2D eigenvalue weighted by Crippen LogP contribution is 2.46. The van der Waals surface area contributed by atoms with Crippen molar-refractivity contribution in [1.29, 1.82) is 0 Å². The van der Waals surface area contributed by atoms with Crippen LogP contribution in [0.15, 0.2) is 157 Å². The van der Waals surface area contributed by atoms with Crippen LogP contribution in [0.3, 0.4) is 0 Å². The monoisotopic (exact) mass is 712 g/mol. The van der Waals surface area contributed by atoms with E-state index in [-0.39, 0.29) is 23.6 Å². The fraction of sp³-hybridized carbons (Fsp3) is 0.192. The van der Waals surface area contributed by atoms with Crippen LogP contribution >= 0.6 is 0 Å². The summed E-state index contributed by atoms with van der Waals surface area (Å²) >= 11 is 0. The van der Waals surface area contributed by atoms with Crippen LogP contribution in [0.25, 0.3) is 49.4 Å². The average Bonchev–Trinajstić information content (AvgIpc) is 3.18. The predicted octanol–water partition coefficient (Wildman–Crippen LogP) is 12.0. The summed E-state index contributed by atoms with van der Waals surface area (Å²) in [6.45, 7) is 13.7. The largest absolute Gasteiger partial charge is 0.487 e. The molecule has 0 spiro atoms. The number of hydrogen-bond donors (Lipinski definition) is 0. The van der Waals surface area contributed by atoms with Gasteiger partial charge >= 0.3 is 0 Å². The van der Waals surface area contributed by atoms with Crippen molar-refractivity contribution >= 4 is 44.8 Å². The molecule has 2 heterocycles. The topological polar surface area (TPSA) is 18.5 Å². The molecule has 7 aromatic carbocycles. The molecule has 0 N–H and O–H groups in total. The van der Waals surface area contributed by atoms with E-state index in [1.807, 2.05) is 0 Å². The summed E-state index contributed by atoms with van der Waals surface area (Å²) in [5, 5.41) is 5.04. The Kier molecular flexibility index (Phi) is 7.59. The lowest BCUT2D eigenvalue weighted by Gasteiger charge is -2.41. The third-order valence-corrected chi connectivity index (χ3v) is 12.0. The molecule has 0 bridgehead atoms. The van der Waals surface area contributed by atoms with E-state index in [1.54, 1.807) is 0 Å². The van der Waals surface area contributed by atoms with Gasteiger partial charge in [-0.1, -0.05) is 163 Å². The minimum Gasteiger partial charge on any atom is -0.487 e. The molecular weight excluding hydrogens is 667 g/mol. The van der Waals surface area contributed by atoms with Crippen molar-refractivity contribution in [3.05, 3.63) is 174 Å². The SMILES string of the molecule is CC(C)(C)c1ccc2c(c1)OC1=C3B2c2ccc(C(C)(C)C)cc2OC3CC(c2cccc(-c3c4ccccc4c(-c4ccccc4)c4ccccc34)c2)=C1. The number of benzene rings is 7. The van der Waals surface area contributed by atoms with Gasteiger partial charge in [-0.3, -0.25) is 0 Å². The normalized spacial score (nSPS) is 16.2. The Balaban J connectivity index is 1.14. The van der Waals surface area contributed by atoms with Crippen LogP contribution in [0.5, 0.6) is 11.5 Å². The van der Waals surface area contributed by atoms with E-state index >= 15 is 0 Å². The molecule has 0 saturated carbocycles.